The Bertz CT molecular complexity index is 428. The Kier molecular flexibility index (Phi) is 11.1. The van der Waals surface area contributed by atoms with Gasteiger partial charge < -0.3 is 0 Å². The molecule has 0 aromatic heterocycles. The van der Waals surface area contributed by atoms with Gasteiger partial charge in [-0.1, -0.05) is 89.5 Å². The van der Waals surface area contributed by atoms with E-state index in [4.69, 9.17) is 0 Å². The van der Waals surface area contributed by atoms with Crippen molar-refractivity contribution in [3.8, 4) is 0 Å². The molecule has 0 N–H and O–H groups in total. The van der Waals surface area contributed by atoms with Crippen LogP contribution in [0.1, 0.15) is 112 Å². The third kappa shape index (κ3) is 8.42. The number of hydrogen-bond donors (Lipinski definition) is 0. The molecule has 0 unspecified atom stereocenters. The van der Waals surface area contributed by atoms with E-state index in [9.17, 15) is 9.59 Å². The molecule has 1 rings (SSSR count). The van der Waals surface area contributed by atoms with Crippen molar-refractivity contribution in [2.24, 2.45) is 0 Å². The number of Topliss-reactive ketones (excluding diaryl/α,β-unsaturated/α-hetero) is 2. The van der Waals surface area contributed by atoms with Crippen LogP contribution in [0.4, 0.5) is 0 Å². The molecule has 0 aliphatic rings. The molecule has 0 saturated heterocycles. The SMILES string of the molecule is CCCCCCCC(=O)c1ccc(C(=O)CCCCCCC)cc1. The van der Waals surface area contributed by atoms with Gasteiger partial charge in [-0.2, -0.15) is 0 Å². The molecule has 2 heteroatoms. The first-order chi connectivity index (χ1) is 11.7. The molecule has 0 heterocycles. The highest BCUT2D eigenvalue weighted by molar-refractivity contribution is 5.99. The second-order valence-electron chi connectivity index (χ2n) is 6.75. The van der Waals surface area contributed by atoms with E-state index in [1.807, 2.05) is 24.3 Å². The van der Waals surface area contributed by atoms with E-state index in [1.165, 1.54) is 38.5 Å². The molecule has 0 bridgehead atoms. The summed E-state index contributed by atoms with van der Waals surface area (Å²) in [7, 11) is 0. The van der Waals surface area contributed by atoms with Crippen molar-refractivity contribution in [3.63, 3.8) is 0 Å². The summed E-state index contributed by atoms with van der Waals surface area (Å²) in [6.45, 7) is 4.39. The Morgan fingerprint density at radius 2 is 0.917 bits per heavy atom. The summed E-state index contributed by atoms with van der Waals surface area (Å²) >= 11 is 0. The van der Waals surface area contributed by atoms with Gasteiger partial charge >= 0.3 is 0 Å². The van der Waals surface area contributed by atoms with Gasteiger partial charge in [0.15, 0.2) is 11.6 Å². The number of carbonyl (C=O) groups is 2. The van der Waals surface area contributed by atoms with Gasteiger partial charge in [-0.05, 0) is 12.8 Å². The molecule has 0 radical (unpaired) electrons. The fourth-order valence-corrected chi connectivity index (χ4v) is 2.91. The van der Waals surface area contributed by atoms with E-state index in [2.05, 4.69) is 13.8 Å². The highest BCUT2D eigenvalue weighted by atomic mass is 16.1. The van der Waals surface area contributed by atoms with E-state index >= 15 is 0 Å². The van der Waals surface area contributed by atoms with Crippen molar-refractivity contribution in [2.75, 3.05) is 0 Å². The van der Waals surface area contributed by atoms with Gasteiger partial charge in [0.05, 0.1) is 0 Å². The molecule has 0 atom stereocenters. The largest absolute Gasteiger partial charge is 0.294 e. The number of ketones is 2. The van der Waals surface area contributed by atoms with E-state index < -0.39 is 0 Å². The van der Waals surface area contributed by atoms with E-state index in [0.717, 1.165) is 36.8 Å². The first-order valence-electron chi connectivity index (χ1n) is 9.85. The Hall–Kier alpha value is -1.44. The third-order valence-electron chi connectivity index (χ3n) is 4.54. The van der Waals surface area contributed by atoms with Crippen molar-refractivity contribution in [1.82, 2.24) is 0 Å². The molecular formula is C22H34O2. The lowest BCUT2D eigenvalue weighted by Gasteiger charge is -2.04. The molecule has 0 spiro atoms. The van der Waals surface area contributed by atoms with E-state index in [1.54, 1.807) is 0 Å². The Balaban J connectivity index is 2.33. The molecule has 0 aliphatic heterocycles. The normalized spacial score (nSPS) is 10.8. The van der Waals surface area contributed by atoms with Crippen molar-refractivity contribution >= 4 is 11.6 Å². The van der Waals surface area contributed by atoms with Crippen LogP contribution in [0, 0.1) is 0 Å². The number of hydrogen-bond acceptors (Lipinski definition) is 2. The van der Waals surface area contributed by atoms with Crippen LogP contribution < -0.4 is 0 Å². The van der Waals surface area contributed by atoms with Crippen LogP contribution in [0.5, 0.6) is 0 Å². The Labute approximate surface area is 148 Å². The summed E-state index contributed by atoms with van der Waals surface area (Å²) < 4.78 is 0. The number of benzene rings is 1. The average molecular weight is 331 g/mol. The molecule has 1 aromatic carbocycles. The minimum Gasteiger partial charge on any atom is -0.294 e. The molecule has 2 nitrogen and oxygen atoms in total. The first-order valence-corrected chi connectivity index (χ1v) is 9.85. The van der Waals surface area contributed by atoms with Crippen LogP contribution in [0.3, 0.4) is 0 Å². The van der Waals surface area contributed by atoms with Crippen LogP contribution in [0.25, 0.3) is 0 Å². The number of unbranched alkanes of at least 4 members (excludes halogenated alkanes) is 8. The molecule has 24 heavy (non-hydrogen) atoms. The Morgan fingerprint density at radius 1 is 0.583 bits per heavy atom. The summed E-state index contributed by atoms with van der Waals surface area (Å²) in [4.78, 5) is 24.3. The molecule has 0 saturated carbocycles. The van der Waals surface area contributed by atoms with Crippen LogP contribution in [-0.4, -0.2) is 11.6 Å². The van der Waals surface area contributed by atoms with E-state index in [0.29, 0.717) is 12.8 Å². The second-order valence-corrected chi connectivity index (χ2v) is 6.75. The minimum atomic E-state index is 0.199. The van der Waals surface area contributed by atoms with Crippen LogP contribution in [0.2, 0.25) is 0 Å². The van der Waals surface area contributed by atoms with Crippen molar-refractivity contribution in [3.05, 3.63) is 35.4 Å². The fourth-order valence-electron chi connectivity index (χ4n) is 2.91. The lowest BCUT2D eigenvalue weighted by Crippen LogP contribution is -2.02. The summed E-state index contributed by atoms with van der Waals surface area (Å²) in [6, 6.07) is 7.27. The van der Waals surface area contributed by atoms with Gasteiger partial charge in [-0.3, -0.25) is 9.59 Å². The topological polar surface area (TPSA) is 34.1 Å². The predicted octanol–water partition coefficient (Wildman–Crippen LogP) is 6.77. The van der Waals surface area contributed by atoms with Gasteiger partial charge in [-0.25, -0.2) is 0 Å². The van der Waals surface area contributed by atoms with Crippen molar-refractivity contribution in [2.45, 2.75) is 90.9 Å². The lowest BCUT2D eigenvalue weighted by molar-refractivity contribution is 0.0967. The Morgan fingerprint density at radius 3 is 1.25 bits per heavy atom. The maximum Gasteiger partial charge on any atom is 0.162 e. The van der Waals surface area contributed by atoms with Gasteiger partial charge in [0.1, 0.15) is 0 Å². The zero-order chi connectivity index (χ0) is 17.6. The molecule has 0 amide bonds. The van der Waals surface area contributed by atoms with E-state index in [-0.39, 0.29) is 11.6 Å². The predicted molar refractivity (Wildman–Crippen MR) is 102 cm³/mol. The zero-order valence-corrected chi connectivity index (χ0v) is 15.6. The van der Waals surface area contributed by atoms with Gasteiger partial charge in [0, 0.05) is 24.0 Å². The highest BCUT2D eigenvalue weighted by Gasteiger charge is 2.09. The summed E-state index contributed by atoms with van der Waals surface area (Å²) in [5.74, 6) is 0.398. The smallest absolute Gasteiger partial charge is 0.162 e. The minimum absolute atomic E-state index is 0.199. The molecule has 0 aliphatic carbocycles. The molecular weight excluding hydrogens is 296 g/mol. The van der Waals surface area contributed by atoms with Crippen molar-refractivity contribution in [1.29, 1.82) is 0 Å². The molecule has 134 valence electrons. The summed E-state index contributed by atoms with van der Waals surface area (Å²) in [6.07, 6.45) is 12.8. The molecule has 1 aromatic rings. The number of carbonyl (C=O) groups excluding carboxylic acids is 2. The van der Waals surface area contributed by atoms with Gasteiger partial charge in [0.25, 0.3) is 0 Å². The first kappa shape index (κ1) is 20.6. The second kappa shape index (κ2) is 12.9. The van der Waals surface area contributed by atoms with Gasteiger partial charge in [-0.15, -0.1) is 0 Å². The quantitative estimate of drug-likeness (QED) is 0.278. The van der Waals surface area contributed by atoms with Crippen LogP contribution >= 0.6 is 0 Å². The maximum absolute atomic E-state index is 12.1. The fraction of sp³-hybridized carbons (Fsp3) is 0.636. The standard InChI is InChI=1S/C22H34O2/c1-3-5-7-9-11-13-21(23)19-15-17-20(18-16-19)22(24)14-12-10-8-6-4-2/h15-18H,3-14H2,1-2H3. The maximum atomic E-state index is 12.1. The van der Waals surface area contributed by atoms with Crippen molar-refractivity contribution < 1.29 is 9.59 Å². The average Bonchev–Trinajstić information content (AvgIpc) is 2.61. The lowest BCUT2D eigenvalue weighted by atomic mass is 9.99. The number of rotatable bonds is 14. The monoisotopic (exact) mass is 330 g/mol. The zero-order valence-electron chi connectivity index (χ0n) is 15.6. The molecule has 0 fully saturated rings. The van der Waals surface area contributed by atoms with Crippen LogP contribution in [0.15, 0.2) is 24.3 Å². The highest BCUT2D eigenvalue weighted by Crippen LogP contribution is 2.14. The van der Waals surface area contributed by atoms with Crippen LogP contribution in [-0.2, 0) is 0 Å². The third-order valence-corrected chi connectivity index (χ3v) is 4.54. The van der Waals surface area contributed by atoms with Gasteiger partial charge in [0.2, 0.25) is 0 Å². The summed E-state index contributed by atoms with van der Waals surface area (Å²) in [5.41, 5.74) is 1.48. The summed E-state index contributed by atoms with van der Waals surface area (Å²) in [5, 5.41) is 0.